The van der Waals surface area contributed by atoms with Crippen LogP contribution in [-0.2, 0) is 67.8 Å². The summed E-state index contributed by atoms with van der Waals surface area (Å²) in [4.78, 5) is 29.7. The van der Waals surface area contributed by atoms with E-state index in [-0.39, 0.29) is 70.8 Å². The van der Waals surface area contributed by atoms with Gasteiger partial charge in [0.1, 0.15) is 91.6 Å². The second-order valence-corrected chi connectivity index (χ2v) is 28.5. The summed E-state index contributed by atoms with van der Waals surface area (Å²) < 4.78 is 62.6. The Labute approximate surface area is 588 Å². The Morgan fingerprint density at radius 3 is 1.86 bits per heavy atom. The number of benzene rings is 4. The molecule has 0 aliphatic carbocycles. The Kier molecular flexibility index (Phi) is 24.7. The summed E-state index contributed by atoms with van der Waals surface area (Å²) >= 11 is 0. The van der Waals surface area contributed by atoms with E-state index in [0.29, 0.717) is 51.6 Å². The van der Waals surface area contributed by atoms with Crippen molar-refractivity contribution in [3.05, 3.63) is 132 Å². The van der Waals surface area contributed by atoms with Gasteiger partial charge in [0, 0.05) is 87.0 Å². The molecule has 14 heterocycles. The average molecular weight is 1410 g/mol. The zero-order valence-electron chi connectivity index (χ0n) is 57.9. The third-order valence-electron chi connectivity index (χ3n) is 21.1. The monoisotopic (exact) mass is 1410 g/mol. The van der Waals surface area contributed by atoms with E-state index < -0.39 is 147 Å². The highest BCUT2D eigenvalue weighted by Gasteiger charge is 2.54. The number of allylic oxidation sites excluding steroid dienone is 8. The molecule has 0 saturated carbocycles. The van der Waals surface area contributed by atoms with Crippen molar-refractivity contribution in [3.63, 3.8) is 0 Å². The summed E-state index contributed by atoms with van der Waals surface area (Å²) in [5, 5.41) is 108. The van der Waals surface area contributed by atoms with Gasteiger partial charge in [0.15, 0.2) is 24.8 Å². The van der Waals surface area contributed by atoms with Gasteiger partial charge < -0.3 is 109 Å². The fraction of sp³-hybridized carbons (Fsp3) is 0.592. The van der Waals surface area contributed by atoms with Crippen LogP contribution < -0.4 is 15.5 Å². The summed E-state index contributed by atoms with van der Waals surface area (Å²) in [6.07, 6.45) is -4.31. The number of carbonyl (C=O) groups excluding carboxylic acids is 2. The second-order valence-electron chi connectivity index (χ2n) is 28.5. The molecule has 25 heteroatoms. The Bertz CT molecular complexity index is 3650. The van der Waals surface area contributed by atoms with Gasteiger partial charge in [-0.05, 0) is 97.7 Å². The number of fused-ring (bicyclic) bond motifs is 6. The summed E-state index contributed by atoms with van der Waals surface area (Å²) in [7, 11) is 0. The van der Waals surface area contributed by atoms with Crippen LogP contribution in [0.3, 0.4) is 0 Å². The molecule has 25 nitrogen and oxygen atoms in total. The predicted molar refractivity (Wildman–Crippen MR) is 371 cm³/mol. The maximum atomic E-state index is 13.7. The summed E-state index contributed by atoms with van der Waals surface area (Å²) in [6, 6.07) is 25.2. The molecular formula is C76H101N4O21+. The molecule has 101 heavy (non-hydrogen) atoms. The fourth-order valence-corrected chi connectivity index (χ4v) is 15.9. The van der Waals surface area contributed by atoms with Crippen LogP contribution in [0.15, 0.2) is 121 Å². The zero-order valence-corrected chi connectivity index (χ0v) is 57.9. The number of anilines is 1. The van der Waals surface area contributed by atoms with Crippen LogP contribution >= 0.6 is 0 Å². The Balaban J connectivity index is 0.670. The first-order valence-corrected chi connectivity index (χ1v) is 35.8. The maximum absolute atomic E-state index is 13.7. The Morgan fingerprint density at radius 2 is 1.15 bits per heavy atom. The maximum Gasteiger partial charge on any atom is 0.226 e. The molecule has 12 fully saturated rings. The molecule has 5 unspecified atom stereocenters. The Morgan fingerprint density at radius 1 is 0.564 bits per heavy atom. The van der Waals surface area contributed by atoms with E-state index in [2.05, 4.69) is 108 Å². The SMILES string of the molecule is CC1(C)C(=CC=CC=CC=CC2=[N+](CCC(=O)NCCCO[C@H]3[C@H]4CCCOC5[C@@H](CO)OC(OC([C@@H](CO)O4)[C@@H]3O)[C@H](O)[C@H]5O)c3ccc4ccccc4c3C2(C)C)N(CCC(=O)NCCCO[C@H]2[C@@H]3OC[C@@H](OCCCC4O[C@H](CO)C(O3)[C@H](O)[C@H]4O)[C@@H]2O)c2ccc3ccccc3c21. The van der Waals surface area contributed by atoms with Crippen LogP contribution in [0.5, 0.6) is 0 Å². The number of ether oxygens (including phenoxy) is 10. The van der Waals surface area contributed by atoms with Crippen molar-refractivity contribution in [2.45, 2.75) is 206 Å². The van der Waals surface area contributed by atoms with E-state index in [9.17, 15) is 55.5 Å². The molecule has 4 aromatic rings. The van der Waals surface area contributed by atoms with Gasteiger partial charge in [0.2, 0.25) is 17.5 Å². The lowest BCUT2D eigenvalue weighted by molar-refractivity contribution is -0.436. The standard InChI is InChI=1S/C76H100N4O21/c1-75(2)56(79(48-28-26-44-18-10-12-20-46(44)60(48)75)34-30-58(84)77-32-16-38-94-68-51-23-15-37-93-69-52(40-81)99-73(66(90)65(69)89)100-71(67(68)91)54(42-83)98-51)24-8-6-5-7-9-25-57-76(3,4)61-47-21-13-11-19-45(47)27-29-49(61)80(57)35-31-59(85)78-33-17-39-95-72-63(87)55-43-96-74(72)101-70-53(41-82)97-50(22-14-36-92-55)62(86)64(70)88/h5-13,18-21,24-29,50-55,62-74,81-83,86-91H,14-17,22-23,30-43H2,1-4H3,(H-,77,78,84,85)/p+1/t50?,51-,52-,53-,54-,55-,62+,63+,64-,65-,66-,67-,68+,69?,70?,71?,72-,73?,74-/m1/s1. The molecular weight excluding hydrogens is 1300 g/mol. The van der Waals surface area contributed by atoms with E-state index in [4.69, 9.17) is 47.4 Å². The van der Waals surface area contributed by atoms with Gasteiger partial charge in [0.05, 0.1) is 50.5 Å². The quantitative estimate of drug-likeness (QED) is 0.0289. The van der Waals surface area contributed by atoms with Gasteiger partial charge in [-0.1, -0.05) is 98.8 Å². The molecule has 0 radical (unpaired) electrons. The number of carbonyl (C=O) groups is 2. The van der Waals surface area contributed by atoms with Crippen molar-refractivity contribution in [2.24, 2.45) is 0 Å². The van der Waals surface area contributed by atoms with Crippen molar-refractivity contribution in [1.82, 2.24) is 10.6 Å². The number of hydrogen-bond acceptors (Lipinski definition) is 22. The molecule has 12 saturated heterocycles. The molecule has 0 spiro atoms. The third-order valence-corrected chi connectivity index (χ3v) is 21.1. The summed E-state index contributed by atoms with van der Waals surface area (Å²) in [6.45, 7) is 9.31. The van der Waals surface area contributed by atoms with Crippen LogP contribution in [0.2, 0.25) is 0 Å². The molecule has 0 aromatic heterocycles. The summed E-state index contributed by atoms with van der Waals surface area (Å²) in [5.74, 6) is -0.302. The number of hydrogen-bond donors (Lipinski definition) is 11. The van der Waals surface area contributed by atoms with Gasteiger partial charge in [-0.15, -0.1) is 0 Å². The van der Waals surface area contributed by atoms with Crippen LogP contribution in [0.1, 0.15) is 90.2 Å². The number of aliphatic hydroxyl groups excluding tert-OH is 9. The molecule has 14 aliphatic heterocycles. The minimum Gasteiger partial charge on any atom is -0.394 e. The minimum absolute atomic E-state index is 0.000569. The predicted octanol–water partition coefficient (Wildman–Crippen LogP) is 3.17. The topological polar surface area (TPSA) is 339 Å². The molecule has 11 N–H and O–H groups in total. The van der Waals surface area contributed by atoms with Crippen LogP contribution in [0.25, 0.3) is 21.5 Å². The van der Waals surface area contributed by atoms with Crippen molar-refractivity contribution in [3.8, 4) is 0 Å². The van der Waals surface area contributed by atoms with Gasteiger partial charge >= 0.3 is 0 Å². The molecule has 8 bridgehead atoms. The molecule has 18 rings (SSSR count). The lowest BCUT2D eigenvalue weighted by Crippen LogP contribution is -2.64. The van der Waals surface area contributed by atoms with Crippen molar-refractivity contribution in [1.29, 1.82) is 0 Å². The lowest BCUT2D eigenvalue weighted by atomic mass is 9.79. The van der Waals surface area contributed by atoms with Crippen LogP contribution in [-0.4, -0.2) is 263 Å². The third kappa shape index (κ3) is 16.0. The molecule has 550 valence electrons. The van der Waals surface area contributed by atoms with Crippen molar-refractivity contribution < 1.29 is 107 Å². The molecule has 4 aromatic carbocycles. The van der Waals surface area contributed by atoms with E-state index in [1.807, 2.05) is 54.6 Å². The highest BCUT2D eigenvalue weighted by Crippen LogP contribution is 2.51. The van der Waals surface area contributed by atoms with E-state index in [1.54, 1.807) is 0 Å². The van der Waals surface area contributed by atoms with Gasteiger partial charge in [-0.3, -0.25) is 9.59 Å². The normalized spacial score (nSPS) is 33.8. The summed E-state index contributed by atoms with van der Waals surface area (Å²) in [5.41, 5.74) is 5.59. The number of amides is 2. The average Bonchev–Trinajstić information content (AvgIpc) is 1.58. The first-order valence-electron chi connectivity index (χ1n) is 35.8. The lowest BCUT2D eigenvalue weighted by Gasteiger charge is -2.47. The van der Waals surface area contributed by atoms with Crippen LogP contribution in [0, 0.1) is 0 Å². The van der Waals surface area contributed by atoms with Gasteiger partial charge in [0.25, 0.3) is 0 Å². The van der Waals surface area contributed by atoms with Gasteiger partial charge in [-0.25, -0.2) is 0 Å². The van der Waals surface area contributed by atoms with Gasteiger partial charge in [-0.2, -0.15) is 4.58 Å². The van der Waals surface area contributed by atoms with Crippen molar-refractivity contribution >= 4 is 50.4 Å². The smallest absolute Gasteiger partial charge is 0.226 e. The molecule has 14 aliphatic rings. The van der Waals surface area contributed by atoms with E-state index >= 15 is 0 Å². The first-order chi connectivity index (χ1) is 48.8. The largest absolute Gasteiger partial charge is 0.394 e. The van der Waals surface area contributed by atoms with Crippen molar-refractivity contribution in [2.75, 3.05) is 83.9 Å². The number of nitrogens with one attached hydrogen (secondary N) is 2. The molecule has 2 amide bonds. The fourth-order valence-electron chi connectivity index (χ4n) is 15.9. The first kappa shape index (κ1) is 74.7. The van der Waals surface area contributed by atoms with E-state index in [0.717, 1.165) is 44.3 Å². The minimum atomic E-state index is -1.58. The molecule has 19 atom stereocenters. The highest BCUT2D eigenvalue weighted by atomic mass is 16.7. The second kappa shape index (κ2) is 33.4. The number of aliphatic hydroxyl groups is 9. The van der Waals surface area contributed by atoms with Crippen LogP contribution in [0.4, 0.5) is 11.4 Å². The Hall–Kier alpha value is -5.99. The number of nitrogens with zero attached hydrogens (tertiary/aromatic N) is 2. The highest BCUT2D eigenvalue weighted by molar-refractivity contribution is 6.07. The van der Waals surface area contributed by atoms with E-state index in [1.165, 1.54) is 11.1 Å². The zero-order chi connectivity index (χ0) is 71.1. The number of rotatable bonds is 23.